The third kappa shape index (κ3) is 3.14. The second-order valence-electron chi connectivity index (χ2n) is 5.17. The molecule has 1 atom stereocenters. The maximum atomic E-state index is 12.5. The predicted molar refractivity (Wildman–Crippen MR) is 85.7 cm³/mol. The van der Waals surface area contributed by atoms with Crippen molar-refractivity contribution in [2.24, 2.45) is 0 Å². The van der Waals surface area contributed by atoms with Gasteiger partial charge in [0, 0.05) is 12.0 Å². The number of carbonyl (C=O) groups excluding carboxylic acids is 1. The Bertz CT molecular complexity index is 681. The summed E-state index contributed by atoms with van der Waals surface area (Å²) < 4.78 is 0. The van der Waals surface area contributed by atoms with E-state index in [-0.39, 0.29) is 11.7 Å². The van der Waals surface area contributed by atoms with Gasteiger partial charge >= 0.3 is 0 Å². The van der Waals surface area contributed by atoms with Crippen LogP contribution in [-0.2, 0) is 0 Å². The molecule has 0 aliphatic heterocycles. The summed E-state index contributed by atoms with van der Waals surface area (Å²) in [5.74, 6) is 0.305. The highest BCUT2D eigenvalue weighted by atomic mass is 16.1. The summed E-state index contributed by atoms with van der Waals surface area (Å²) >= 11 is 0. The summed E-state index contributed by atoms with van der Waals surface area (Å²) in [7, 11) is 0. The molecule has 3 aromatic carbocycles. The van der Waals surface area contributed by atoms with E-state index in [1.807, 2.05) is 60.7 Å². The van der Waals surface area contributed by atoms with Crippen molar-refractivity contribution in [1.82, 2.24) is 0 Å². The van der Waals surface area contributed by atoms with E-state index >= 15 is 0 Å². The molecule has 1 heteroatoms. The molecule has 0 heterocycles. The van der Waals surface area contributed by atoms with Gasteiger partial charge in [0.15, 0.2) is 5.78 Å². The summed E-state index contributed by atoms with van der Waals surface area (Å²) in [6.45, 7) is 0. The molecule has 0 saturated heterocycles. The summed E-state index contributed by atoms with van der Waals surface area (Å²) in [5.41, 5.74) is 3.17. The first-order chi connectivity index (χ1) is 10.3. The minimum Gasteiger partial charge on any atom is -0.294 e. The Morgan fingerprint density at radius 2 is 1.52 bits per heavy atom. The Morgan fingerprint density at radius 3 is 2.14 bits per heavy atom. The van der Waals surface area contributed by atoms with Gasteiger partial charge in [-0.15, -0.1) is 0 Å². The highest BCUT2D eigenvalue weighted by molar-refractivity contribution is 5.96. The monoisotopic (exact) mass is 273 g/mol. The summed E-state index contributed by atoms with van der Waals surface area (Å²) in [5, 5.41) is 0. The summed E-state index contributed by atoms with van der Waals surface area (Å²) in [6, 6.07) is 28.0. The minimum atomic E-state index is 0.119. The fraction of sp³-hybridized carbons (Fsp3) is 0.100. The quantitative estimate of drug-likeness (QED) is 0.481. The van der Waals surface area contributed by atoms with E-state index in [0.717, 1.165) is 5.56 Å². The van der Waals surface area contributed by atoms with Crippen molar-refractivity contribution in [2.45, 2.75) is 12.3 Å². The van der Waals surface area contributed by atoms with Gasteiger partial charge in [0.1, 0.15) is 0 Å². The molecule has 0 fully saturated rings. The van der Waals surface area contributed by atoms with Gasteiger partial charge in [-0.1, -0.05) is 60.7 Å². The third-order valence-electron chi connectivity index (χ3n) is 3.78. The Hall–Kier alpha value is -2.54. The summed E-state index contributed by atoms with van der Waals surface area (Å²) in [6.07, 6.45) is 0.498. The van der Waals surface area contributed by atoms with E-state index in [0.29, 0.717) is 6.42 Å². The fourth-order valence-electron chi connectivity index (χ4n) is 2.66. The van der Waals surface area contributed by atoms with Crippen molar-refractivity contribution in [2.75, 3.05) is 0 Å². The van der Waals surface area contributed by atoms with Gasteiger partial charge in [0.25, 0.3) is 0 Å². The third-order valence-corrected chi connectivity index (χ3v) is 3.78. The normalized spacial score (nSPS) is 12.0. The van der Waals surface area contributed by atoms with E-state index in [1.54, 1.807) is 0 Å². The van der Waals surface area contributed by atoms with E-state index in [4.69, 9.17) is 0 Å². The van der Waals surface area contributed by atoms with Gasteiger partial charge in [0.2, 0.25) is 0 Å². The molecule has 0 aromatic heterocycles. The Labute approximate surface area is 125 Å². The van der Waals surface area contributed by atoms with E-state index in [9.17, 15) is 4.79 Å². The van der Waals surface area contributed by atoms with Crippen LogP contribution in [-0.4, -0.2) is 5.78 Å². The van der Waals surface area contributed by atoms with Crippen LogP contribution in [0.4, 0.5) is 0 Å². The molecule has 0 saturated carbocycles. The van der Waals surface area contributed by atoms with Crippen molar-refractivity contribution in [3.05, 3.63) is 102 Å². The second-order valence-corrected chi connectivity index (χ2v) is 5.17. The molecule has 0 N–H and O–H groups in total. The smallest absolute Gasteiger partial charge is 0.163 e. The largest absolute Gasteiger partial charge is 0.294 e. The van der Waals surface area contributed by atoms with Crippen molar-refractivity contribution < 1.29 is 4.79 Å². The van der Waals surface area contributed by atoms with Gasteiger partial charge in [-0.3, -0.25) is 4.79 Å². The predicted octanol–water partition coefficient (Wildman–Crippen LogP) is 4.81. The SMILES string of the molecule is O=C(C[C@H](c1ccccc1)c1ccc[cH-]1)c1ccccc1. The molecular weight excluding hydrogens is 256 g/mol. The van der Waals surface area contributed by atoms with Crippen LogP contribution in [0.25, 0.3) is 0 Å². The zero-order valence-electron chi connectivity index (χ0n) is 11.8. The zero-order chi connectivity index (χ0) is 14.5. The van der Waals surface area contributed by atoms with Crippen LogP contribution >= 0.6 is 0 Å². The first-order valence-electron chi connectivity index (χ1n) is 7.19. The molecule has 0 aliphatic carbocycles. The first kappa shape index (κ1) is 13.4. The molecule has 3 rings (SSSR count). The number of Topliss-reactive ketones (excluding diaryl/α,β-unsaturated/α-hetero) is 1. The van der Waals surface area contributed by atoms with E-state index in [2.05, 4.69) is 24.3 Å². The zero-order valence-corrected chi connectivity index (χ0v) is 11.8. The maximum Gasteiger partial charge on any atom is 0.163 e. The van der Waals surface area contributed by atoms with Crippen LogP contribution < -0.4 is 0 Å². The van der Waals surface area contributed by atoms with Crippen molar-refractivity contribution >= 4 is 5.78 Å². The first-order valence-corrected chi connectivity index (χ1v) is 7.19. The highest BCUT2D eigenvalue weighted by Crippen LogP contribution is 2.29. The molecule has 0 aliphatic rings. The molecule has 0 radical (unpaired) electrons. The fourth-order valence-corrected chi connectivity index (χ4v) is 2.66. The standard InChI is InChI=1S/C20H17O/c21-20(18-13-5-2-6-14-18)15-19(17-11-7-8-12-17)16-9-3-1-4-10-16/h1-14,19H,15H2/q-1/t19-/m1/s1. The number of ketones is 1. The van der Waals surface area contributed by atoms with Gasteiger partial charge < -0.3 is 0 Å². The molecule has 104 valence electrons. The lowest BCUT2D eigenvalue weighted by Crippen LogP contribution is -2.08. The van der Waals surface area contributed by atoms with E-state index < -0.39 is 0 Å². The van der Waals surface area contributed by atoms with Crippen LogP contribution in [0.1, 0.15) is 33.8 Å². The van der Waals surface area contributed by atoms with Crippen LogP contribution in [0.3, 0.4) is 0 Å². The second kappa shape index (κ2) is 6.27. The number of rotatable bonds is 5. The Balaban J connectivity index is 1.89. The van der Waals surface area contributed by atoms with E-state index in [1.165, 1.54) is 11.1 Å². The Morgan fingerprint density at radius 1 is 0.857 bits per heavy atom. The molecular formula is C20H17O-. The van der Waals surface area contributed by atoms with Crippen LogP contribution in [0.2, 0.25) is 0 Å². The lowest BCUT2D eigenvalue weighted by Gasteiger charge is -2.19. The molecule has 21 heavy (non-hydrogen) atoms. The topological polar surface area (TPSA) is 17.1 Å². The summed E-state index contributed by atoms with van der Waals surface area (Å²) in [4.78, 5) is 12.5. The Kier molecular flexibility index (Phi) is 4.02. The minimum absolute atomic E-state index is 0.119. The van der Waals surface area contributed by atoms with Crippen molar-refractivity contribution in [3.63, 3.8) is 0 Å². The number of benzene rings is 2. The average molecular weight is 273 g/mol. The van der Waals surface area contributed by atoms with Crippen LogP contribution in [0.15, 0.2) is 84.9 Å². The average Bonchev–Trinajstić information content (AvgIpc) is 3.08. The van der Waals surface area contributed by atoms with Gasteiger partial charge in [-0.2, -0.15) is 17.7 Å². The number of hydrogen-bond acceptors (Lipinski definition) is 1. The molecule has 0 spiro atoms. The molecule has 0 unspecified atom stereocenters. The van der Waals surface area contributed by atoms with Gasteiger partial charge in [-0.05, 0) is 11.5 Å². The van der Waals surface area contributed by atoms with Gasteiger partial charge in [-0.25, -0.2) is 12.1 Å². The molecule has 3 aromatic rings. The van der Waals surface area contributed by atoms with Gasteiger partial charge in [0.05, 0.1) is 0 Å². The molecule has 1 nitrogen and oxygen atoms in total. The number of hydrogen-bond donors (Lipinski definition) is 0. The number of carbonyl (C=O) groups is 1. The van der Waals surface area contributed by atoms with Crippen molar-refractivity contribution in [1.29, 1.82) is 0 Å². The van der Waals surface area contributed by atoms with Crippen molar-refractivity contribution in [3.8, 4) is 0 Å². The lowest BCUT2D eigenvalue weighted by atomic mass is 9.87. The van der Waals surface area contributed by atoms with Crippen LogP contribution in [0.5, 0.6) is 0 Å². The highest BCUT2D eigenvalue weighted by Gasteiger charge is 2.16. The maximum absolute atomic E-state index is 12.5. The van der Waals surface area contributed by atoms with Crippen LogP contribution in [0, 0.1) is 0 Å². The molecule has 0 bridgehead atoms. The molecule has 0 amide bonds. The lowest BCUT2D eigenvalue weighted by molar-refractivity contribution is 0.0977.